The van der Waals surface area contributed by atoms with Crippen molar-refractivity contribution in [1.82, 2.24) is 9.88 Å². The van der Waals surface area contributed by atoms with Crippen molar-refractivity contribution < 1.29 is 5.11 Å². The molecule has 1 aliphatic heterocycles. The lowest BCUT2D eigenvalue weighted by atomic mass is 9.93. The number of halogens is 1. The molecule has 0 aromatic carbocycles. The molecule has 1 saturated heterocycles. The van der Waals surface area contributed by atoms with Gasteiger partial charge in [0.15, 0.2) is 0 Å². The van der Waals surface area contributed by atoms with Crippen molar-refractivity contribution >= 4 is 17.3 Å². The number of aromatic nitrogens is 1. The smallest absolute Gasteiger partial charge is 0.131 e. The van der Waals surface area contributed by atoms with Crippen molar-refractivity contribution in [3.05, 3.63) is 23.0 Å². The molecule has 0 spiro atoms. The zero-order chi connectivity index (χ0) is 16.2. The number of likely N-dealkylation sites (tertiary alicyclic amines) is 1. The Labute approximate surface area is 143 Å². The Morgan fingerprint density at radius 1 is 1.30 bits per heavy atom. The summed E-state index contributed by atoms with van der Waals surface area (Å²) in [5.41, 5.74) is 1.88. The summed E-state index contributed by atoms with van der Waals surface area (Å²) >= 11 is 6.06. The third kappa shape index (κ3) is 4.60. The lowest BCUT2D eigenvalue weighted by Gasteiger charge is -2.27. The Bertz CT molecular complexity index is 602. The van der Waals surface area contributed by atoms with Gasteiger partial charge in [-0.05, 0) is 51.8 Å². The van der Waals surface area contributed by atoms with Crippen LogP contribution < -0.4 is 5.32 Å². The van der Waals surface area contributed by atoms with Gasteiger partial charge in [-0.3, -0.25) is 0 Å². The van der Waals surface area contributed by atoms with E-state index >= 15 is 0 Å². The maximum Gasteiger partial charge on any atom is 0.131 e. The van der Waals surface area contributed by atoms with Gasteiger partial charge in [0.2, 0.25) is 0 Å². The summed E-state index contributed by atoms with van der Waals surface area (Å²) in [6, 6.07) is 2.23. The highest BCUT2D eigenvalue weighted by Crippen LogP contribution is 2.25. The second kappa shape index (κ2) is 7.53. The number of aliphatic hydroxyl groups excluding tert-OH is 1. The molecule has 0 bridgehead atoms. The molecule has 23 heavy (non-hydrogen) atoms. The SMILES string of the molecule is CN1CCC(C#Cc2cnc(Cl)cc2NC2CCC(O)CC2)C1. The van der Waals surface area contributed by atoms with Crippen LogP contribution >= 0.6 is 11.6 Å². The molecule has 1 aliphatic carbocycles. The lowest BCUT2D eigenvalue weighted by Crippen LogP contribution is -2.28. The van der Waals surface area contributed by atoms with Crippen LogP contribution in [0.4, 0.5) is 5.69 Å². The summed E-state index contributed by atoms with van der Waals surface area (Å²) < 4.78 is 0. The maximum absolute atomic E-state index is 9.63. The van der Waals surface area contributed by atoms with Gasteiger partial charge < -0.3 is 15.3 Å². The zero-order valence-corrected chi connectivity index (χ0v) is 14.3. The van der Waals surface area contributed by atoms with Gasteiger partial charge in [0, 0.05) is 24.7 Å². The average molecular weight is 334 g/mol. The number of aliphatic hydroxyl groups is 1. The number of rotatable bonds is 2. The van der Waals surface area contributed by atoms with E-state index in [-0.39, 0.29) is 6.10 Å². The third-order valence-corrected chi connectivity index (χ3v) is 4.94. The van der Waals surface area contributed by atoms with Gasteiger partial charge in [0.1, 0.15) is 5.15 Å². The minimum Gasteiger partial charge on any atom is -0.393 e. The van der Waals surface area contributed by atoms with Crippen LogP contribution in [-0.4, -0.2) is 47.3 Å². The normalized spacial score (nSPS) is 28.2. The number of anilines is 1. The largest absolute Gasteiger partial charge is 0.393 e. The van der Waals surface area contributed by atoms with Crippen LogP contribution in [0, 0.1) is 17.8 Å². The summed E-state index contributed by atoms with van der Waals surface area (Å²) in [4.78, 5) is 6.49. The minimum atomic E-state index is -0.146. The molecule has 3 rings (SSSR count). The van der Waals surface area contributed by atoms with Crippen LogP contribution in [0.1, 0.15) is 37.7 Å². The van der Waals surface area contributed by atoms with E-state index in [1.807, 2.05) is 6.07 Å². The number of pyridine rings is 1. The molecule has 1 unspecified atom stereocenters. The van der Waals surface area contributed by atoms with Crippen LogP contribution in [0.15, 0.2) is 12.3 Å². The fourth-order valence-electron chi connectivity index (χ4n) is 3.32. The first kappa shape index (κ1) is 16.6. The molecule has 124 valence electrons. The number of nitrogens with zero attached hydrogens (tertiary/aromatic N) is 2. The highest BCUT2D eigenvalue weighted by molar-refractivity contribution is 6.29. The van der Waals surface area contributed by atoms with Crippen molar-refractivity contribution in [2.75, 3.05) is 25.5 Å². The van der Waals surface area contributed by atoms with Crippen molar-refractivity contribution in [2.45, 2.75) is 44.2 Å². The number of hydrogen-bond acceptors (Lipinski definition) is 4. The molecule has 1 atom stereocenters. The summed E-state index contributed by atoms with van der Waals surface area (Å²) in [6.07, 6.45) is 6.40. The fraction of sp³-hybridized carbons (Fsp3) is 0.611. The molecule has 2 fully saturated rings. The molecule has 1 aromatic rings. The van der Waals surface area contributed by atoms with E-state index in [1.165, 1.54) is 0 Å². The quantitative estimate of drug-likeness (QED) is 0.645. The van der Waals surface area contributed by atoms with E-state index in [4.69, 9.17) is 11.6 Å². The van der Waals surface area contributed by atoms with Crippen LogP contribution in [0.2, 0.25) is 5.15 Å². The van der Waals surface area contributed by atoms with Gasteiger partial charge in [-0.1, -0.05) is 23.4 Å². The minimum absolute atomic E-state index is 0.146. The van der Waals surface area contributed by atoms with Crippen LogP contribution in [-0.2, 0) is 0 Å². The summed E-state index contributed by atoms with van der Waals surface area (Å²) in [7, 11) is 2.13. The molecule has 2 aliphatic rings. The van der Waals surface area contributed by atoms with Gasteiger partial charge in [-0.2, -0.15) is 0 Å². The average Bonchev–Trinajstić information content (AvgIpc) is 2.94. The van der Waals surface area contributed by atoms with Crippen LogP contribution in [0.25, 0.3) is 0 Å². The second-order valence-electron chi connectivity index (χ2n) is 6.72. The van der Waals surface area contributed by atoms with E-state index in [1.54, 1.807) is 6.20 Å². The monoisotopic (exact) mass is 333 g/mol. The Kier molecular flexibility index (Phi) is 5.42. The second-order valence-corrected chi connectivity index (χ2v) is 7.11. The van der Waals surface area contributed by atoms with E-state index < -0.39 is 0 Å². The molecular formula is C18H24ClN3O. The Hall–Kier alpha value is -1.28. The summed E-state index contributed by atoms with van der Waals surface area (Å²) in [5, 5.41) is 13.7. The molecule has 0 radical (unpaired) electrons. The molecule has 2 heterocycles. The molecule has 4 nitrogen and oxygen atoms in total. The molecule has 2 N–H and O–H groups in total. The molecule has 1 saturated carbocycles. The Morgan fingerprint density at radius 2 is 2.09 bits per heavy atom. The van der Waals surface area contributed by atoms with Crippen LogP contribution in [0.5, 0.6) is 0 Å². The van der Waals surface area contributed by atoms with Crippen molar-refractivity contribution in [3.63, 3.8) is 0 Å². The predicted molar refractivity (Wildman–Crippen MR) is 93.6 cm³/mol. The molecule has 5 heteroatoms. The number of hydrogen-bond donors (Lipinski definition) is 2. The van der Waals surface area contributed by atoms with Crippen LogP contribution in [0.3, 0.4) is 0 Å². The standard InChI is InChI=1S/C18H24ClN3O/c1-22-9-8-13(12-22)2-3-14-11-20-18(19)10-17(14)21-15-4-6-16(23)7-5-15/h10-11,13,15-16,23H,4-9,12H2,1H3,(H,20,21). The summed E-state index contributed by atoms with van der Waals surface area (Å²) in [5.74, 6) is 7.11. The van der Waals surface area contributed by atoms with E-state index in [2.05, 4.69) is 34.1 Å². The molecule has 0 amide bonds. The molecule has 1 aromatic heterocycles. The zero-order valence-electron chi connectivity index (χ0n) is 13.6. The van der Waals surface area contributed by atoms with E-state index in [0.717, 1.165) is 56.4 Å². The van der Waals surface area contributed by atoms with Crippen molar-refractivity contribution in [3.8, 4) is 11.8 Å². The predicted octanol–water partition coefficient (Wildman–Crippen LogP) is 2.75. The third-order valence-electron chi connectivity index (χ3n) is 4.73. The lowest BCUT2D eigenvalue weighted by molar-refractivity contribution is 0.126. The number of nitrogens with one attached hydrogen (secondary N) is 1. The van der Waals surface area contributed by atoms with Crippen molar-refractivity contribution in [1.29, 1.82) is 0 Å². The van der Waals surface area contributed by atoms with Gasteiger partial charge in [0.25, 0.3) is 0 Å². The molecular weight excluding hydrogens is 310 g/mol. The maximum atomic E-state index is 9.63. The first-order valence-electron chi connectivity index (χ1n) is 8.40. The first-order chi connectivity index (χ1) is 11.1. The highest BCUT2D eigenvalue weighted by Gasteiger charge is 2.20. The van der Waals surface area contributed by atoms with Gasteiger partial charge in [0.05, 0.1) is 17.4 Å². The van der Waals surface area contributed by atoms with Gasteiger partial charge in [-0.15, -0.1) is 0 Å². The first-order valence-corrected chi connectivity index (χ1v) is 8.78. The van der Waals surface area contributed by atoms with E-state index in [0.29, 0.717) is 17.1 Å². The van der Waals surface area contributed by atoms with Gasteiger partial charge in [-0.25, -0.2) is 4.98 Å². The van der Waals surface area contributed by atoms with E-state index in [9.17, 15) is 5.11 Å². The van der Waals surface area contributed by atoms with Gasteiger partial charge >= 0.3 is 0 Å². The Balaban J connectivity index is 1.71. The highest BCUT2D eigenvalue weighted by atomic mass is 35.5. The van der Waals surface area contributed by atoms with Crippen molar-refractivity contribution in [2.24, 2.45) is 5.92 Å². The summed E-state index contributed by atoms with van der Waals surface area (Å²) in [6.45, 7) is 2.16. The fourth-order valence-corrected chi connectivity index (χ4v) is 3.48. The Morgan fingerprint density at radius 3 is 2.78 bits per heavy atom. The topological polar surface area (TPSA) is 48.4 Å².